The van der Waals surface area contributed by atoms with Gasteiger partial charge in [-0.05, 0) is 40.8 Å². The van der Waals surface area contributed by atoms with Crippen LogP contribution in [0.2, 0.25) is 0 Å². The molecule has 1 heteroatoms. The molecule has 18 heavy (non-hydrogen) atoms. The average molecular weight is 233 g/mol. The maximum Gasteiger partial charge on any atom is 0.0317 e. The van der Waals surface area contributed by atoms with Crippen molar-refractivity contribution in [2.24, 2.45) is 0 Å². The van der Waals surface area contributed by atoms with Gasteiger partial charge in [0, 0.05) is 5.69 Å². The number of nitrogens with two attached hydrogens (primary N) is 1. The van der Waals surface area contributed by atoms with Crippen LogP contribution in [-0.2, 0) is 6.42 Å². The van der Waals surface area contributed by atoms with Crippen LogP contribution >= 0.6 is 0 Å². The Morgan fingerprint density at radius 2 is 1.78 bits per heavy atom. The number of anilines is 1. The van der Waals surface area contributed by atoms with Gasteiger partial charge in [0.15, 0.2) is 0 Å². The summed E-state index contributed by atoms with van der Waals surface area (Å²) in [6.07, 6.45) is 7.41. The van der Waals surface area contributed by atoms with Crippen molar-refractivity contribution in [2.75, 3.05) is 5.73 Å². The van der Waals surface area contributed by atoms with Crippen LogP contribution in [0.15, 0.2) is 66.8 Å². The first kappa shape index (κ1) is 10.8. The van der Waals surface area contributed by atoms with E-state index in [0.717, 1.165) is 12.1 Å². The molecule has 1 aliphatic carbocycles. The molecule has 0 bridgehead atoms. The molecule has 0 aromatic heterocycles. The Morgan fingerprint density at radius 1 is 0.944 bits per heavy atom. The van der Waals surface area contributed by atoms with E-state index in [0.29, 0.717) is 0 Å². The third kappa shape index (κ3) is 1.95. The first-order chi connectivity index (χ1) is 8.84. The van der Waals surface area contributed by atoms with Crippen LogP contribution in [0.3, 0.4) is 0 Å². The molecule has 0 spiro atoms. The Kier molecular flexibility index (Phi) is 2.73. The summed E-state index contributed by atoms with van der Waals surface area (Å²) in [6, 6.07) is 16.6. The fourth-order valence-corrected chi connectivity index (χ4v) is 2.36. The van der Waals surface area contributed by atoms with Crippen molar-refractivity contribution in [3.05, 3.63) is 83.4 Å². The summed E-state index contributed by atoms with van der Waals surface area (Å²) in [5.41, 5.74) is 11.8. The second-order valence-corrected chi connectivity index (χ2v) is 4.50. The van der Waals surface area contributed by atoms with Crippen molar-refractivity contribution < 1.29 is 0 Å². The van der Waals surface area contributed by atoms with Gasteiger partial charge in [0.25, 0.3) is 0 Å². The zero-order chi connectivity index (χ0) is 12.4. The van der Waals surface area contributed by atoms with Gasteiger partial charge in [-0.3, -0.25) is 0 Å². The summed E-state index contributed by atoms with van der Waals surface area (Å²) < 4.78 is 0. The van der Waals surface area contributed by atoms with Gasteiger partial charge in [-0.2, -0.15) is 0 Å². The minimum Gasteiger partial charge on any atom is -0.399 e. The van der Waals surface area contributed by atoms with Crippen LogP contribution in [0, 0.1) is 0 Å². The molecular formula is C17H15N. The van der Waals surface area contributed by atoms with E-state index in [2.05, 4.69) is 54.6 Å². The van der Waals surface area contributed by atoms with E-state index >= 15 is 0 Å². The number of rotatable bonds is 1. The van der Waals surface area contributed by atoms with Crippen LogP contribution < -0.4 is 5.73 Å². The molecule has 0 amide bonds. The molecule has 0 saturated carbocycles. The van der Waals surface area contributed by atoms with Gasteiger partial charge < -0.3 is 5.73 Å². The second kappa shape index (κ2) is 4.53. The van der Waals surface area contributed by atoms with Crippen LogP contribution in [0.1, 0.15) is 16.7 Å². The molecule has 0 atom stereocenters. The molecule has 2 aromatic rings. The molecule has 0 radical (unpaired) electrons. The highest BCUT2D eigenvalue weighted by Gasteiger charge is 2.10. The number of hydrogen-bond acceptors (Lipinski definition) is 1. The lowest BCUT2D eigenvalue weighted by Crippen LogP contribution is -1.95. The number of fused-ring (bicyclic) bond motifs is 1. The maximum absolute atomic E-state index is 5.87. The lowest BCUT2D eigenvalue weighted by molar-refractivity contribution is 1.26. The Labute approximate surface area is 107 Å². The first-order valence-corrected chi connectivity index (χ1v) is 6.15. The third-order valence-corrected chi connectivity index (χ3v) is 3.24. The lowest BCUT2D eigenvalue weighted by atomic mass is 9.93. The molecule has 88 valence electrons. The molecule has 0 fully saturated rings. The topological polar surface area (TPSA) is 26.0 Å². The van der Waals surface area contributed by atoms with E-state index in [1.807, 2.05) is 12.1 Å². The number of allylic oxidation sites excluding steroid dienone is 3. The predicted molar refractivity (Wildman–Crippen MR) is 77.2 cm³/mol. The summed E-state index contributed by atoms with van der Waals surface area (Å²) in [6.45, 7) is 0. The van der Waals surface area contributed by atoms with E-state index < -0.39 is 0 Å². The third-order valence-electron chi connectivity index (χ3n) is 3.24. The highest BCUT2D eigenvalue weighted by Crippen LogP contribution is 2.29. The molecular weight excluding hydrogens is 218 g/mol. The van der Waals surface area contributed by atoms with Gasteiger partial charge in [0.2, 0.25) is 0 Å². The summed E-state index contributed by atoms with van der Waals surface area (Å²) >= 11 is 0. The van der Waals surface area contributed by atoms with Crippen LogP contribution in [-0.4, -0.2) is 0 Å². The minimum atomic E-state index is 0.830. The fourth-order valence-electron chi connectivity index (χ4n) is 2.36. The predicted octanol–water partition coefficient (Wildman–Crippen LogP) is 3.81. The number of hydrogen-bond donors (Lipinski definition) is 1. The van der Waals surface area contributed by atoms with E-state index in [1.54, 1.807) is 0 Å². The Morgan fingerprint density at radius 3 is 2.61 bits per heavy atom. The van der Waals surface area contributed by atoms with Crippen LogP contribution in [0.25, 0.3) is 5.57 Å². The quantitative estimate of drug-likeness (QED) is 0.745. The van der Waals surface area contributed by atoms with Gasteiger partial charge in [0.1, 0.15) is 0 Å². The van der Waals surface area contributed by atoms with Gasteiger partial charge in [-0.15, -0.1) is 0 Å². The van der Waals surface area contributed by atoms with E-state index in [1.165, 1.54) is 22.3 Å². The van der Waals surface area contributed by atoms with Crippen molar-refractivity contribution in [1.82, 2.24) is 0 Å². The summed E-state index contributed by atoms with van der Waals surface area (Å²) in [4.78, 5) is 0. The molecule has 2 N–H and O–H groups in total. The minimum absolute atomic E-state index is 0.830. The fraction of sp³-hybridized carbons (Fsp3) is 0.0588. The van der Waals surface area contributed by atoms with Crippen LogP contribution in [0.4, 0.5) is 5.69 Å². The van der Waals surface area contributed by atoms with Crippen molar-refractivity contribution in [3.8, 4) is 0 Å². The van der Waals surface area contributed by atoms with E-state index in [-0.39, 0.29) is 0 Å². The monoisotopic (exact) mass is 233 g/mol. The Hall–Kier alpha value is -2.28. The molecule has 0 heterocycles. The van der Waals surface area contributed by atoms with Crippen molar-refractivity contribution in [3.63, 3.8) is 0 Å². The first-order valence-electron chi connectivity index (χ1n) is 6.15. The largest absolute Gasteiger partial charge is 0.399 e. The SMILES string of the molecule is Nc1ccc2c(c1)CC=CC=C2c1ccccc1. The van der Waals surface area contributed by atoms with E-state index in [4.69, 9.17) is 5.73 Å². The molecule has 0 saturated heterocycles. The standard InChI is InChI=1S/C17H15N/c18-15-10-11-17-14(12-15)8-4-5-9-16(17)13-6-2-1-3-7-13/h1-7,9-12H,8,18H2. The number of benzene rings is 2. The van der Waals surface area contributed by atoms with Gasteiger partial charge in [-0.1, -0.05) is 54.6 Å². The second-order valence-electron chi connectivity index (χ2n) is 4.50. The normalized spacial score (nSPS) is 13.7. The van der Waals surface area contributed by atoms with Crippen LogP contribution in [0.5, 0.6) is 0 Å². The average Bonchev–Trinajstić information content (AvgIpc) is 2.61. The number of nitrogen functional groups attached to an aromatic ring is 1. The van der Waals surface area contributed by atoms with Gasteiger partial charge in [0.05, 0.1) is 0 Å². The Balaban J connectivity index is 2.17. The molecule has 1 aliphatic rings. The zero-order valence-corrected chi connectivity index (χ0v) is 10.1. The molecule has 0 aliphatic heterocycles. The maximum atomic E-state index is 5.87. The highest BCUT2D eigenvalue weighted by molar-refractivity contribution is 5.83. The molecule has 3 rings (SSSR count). The summed E-state index contributed by atoms with van der Waals surface area (Å²) in [5, 5.41) is 0. The summed E-state index contributed by atoms with van der Waals surface area (Å²) in [5.74, 6) is 0. The lowest BCUT2D eigenvalue weighted by Gasteiger charge is -2.12. The van der Waals surface area contributed by atoms with Gasteiger partial charge >= 0.3 is 0 Å². The zero-order valence-electron chi connectivity index (χ0n) is 10.1. The Bertz CT molecular complexity index is 621. The highest BCUT2D eigenvalue weighted by atomic mass is 14.5. The molecule has 0 unspecified atom stereocenters. The smallest absolute Gasteiger partial charge is 0.0317 e. The summed E-state index contributed by atoms with van der Waals surface area (Å²) in [7, 11) is 0. The molecule has 1 nitrogen and oxygen atoms in total. The molecule has 2 aromatic carbocycles. The van der Waals surface area contributed by atoms with Crippen molar-refractivity contribution in [2.45, 2.75) is 6.42 Å². The van der Waals surface area contributed by atoms with Crippen molar-refractivity contribution in [1.29, 1.82) is 0 Å². The van der Waals surface area contributed by atoms with Gasteiger partial charge in [-0.25, -0.2) is 0 Å². The van der Waals surface area contributed by atoms with E-state index in [9.17, 15) is 0 Å². The van der Waals surface area contributed by atoms with Crippen molar-refractivity contribution >= 4 is 11.3 Å².